The zero-order chi connectivity index (χ0) is 13.5. The van der Waals surface area contributed by atoms with Crippen molar-refractivity contribution >= 4 is 23.3 Å². The Balaban J connectivity index is 2.10. The van der Waals surface area contributed by atoms with E-state index in [2.05, 4.69) is 30.8 Å². The molecule has 3 heterocycles. The van der Waals surface area contributed by atoms with Crippen molar-refractivity contribution in [2.24, 2.45) is 0 Å². The van der Waals surface area contributed by atoms with Gasteiger partial charge in [0.05, 0.1) is 11.3 Å². The molecule has 0 bridgehead atoms. The summed E-state index contributed by atoms with van der Waals surface area (Å²) in [5, 5.41) is 15.3. The first-order chi connectivity index (χ1) is 9.88. The molecule has 1 N–H and O–H groups in total. The maximum Gasteiger partial charge on any atom is 0.192 e. The van der Waals surface area contributed by atoms with Crippen molar-refractivity contribution in [3.63, 3.8) is 0 Å². The number of hydrogen-bond acceptors (Lipinski definition) is 7. The molecular weight excluding hydrogens is 274 g/mol. The van der Waals surface area contributed by atoms with Gasteiger partial charge in [0.25, 0.3) is 0 Å². The predicted molar refractivity (Wildman–Crippen MR) is 75.2 cm³/mol. The summed E-state index contributed by atoms with van der Waals surface area (Å²) in [7, 11) is 0. The molecule has 7 nitrogen and oxygen atoms in total. The summed E-state index contributed by atoms with van der Waals surface area (Å²) >= 11 is 1.65. The second-order valence-corrected chi connectivity index (χ2v) is 5.03. The number of para-hydroxylation sites is 1. The zero-order valence-corrected chi connectivity index (χ0v) is 11.3. The molecule has 8 heteroatoms. The van der Waals surface area contributed by atoms with Gasteiger partial charge in [-0.25, -0.2) is 9.97 Å². The number of anilines is 2. The van der Waals surface area contributed by atoms with Gasteiger partial charge in [-0.15, -0.1) is 16.9 Å². The second kappa shape index (κ2) is 4.27. The summed E-state index contributed by atoms with van der Waals surface area (Å²) in [6.45, 7) is 0. The molecule has 1 aromatic carbocycles. The molecule has 20 heavy (non-hydrogen) atoms. The van der Waals surface area contributed by atoms with Crippen LogP contribution in [0.2, 0.25) is 0 Å². The number of thioether (sulfide) groups is 1. The van der Waals surface area contributed by atoms with Crippen molar-refractivity contribution in [1.82, 2.24) is 30.2 Å². The van der Waals surface area contributed by atoms with Gasteiger partial charge >= 0.3 is 0 Å². The van der Waals surface area contributed by atoms with Gasteiger partial charge in [0.1, 0.15) is 17.8 Å². The molecule has 0 saturated carbocycles. The van der Waals surface area contributed by atoms with Gasteiger partial charge in [0.15, 0.2) is 5.82 Å². The maximum atomic E-state index is 4.27. The summed E-state index contributed by atoms with van der Waals surface area (Å²) < 4.78 is 1.73. The summed E-state index contributed by atoms with van der Waals surface area (Å²) in [6, 6.07) is 6.02. The van der Waals surface area contributed by atoms with E-state index in [1.807, 2.05) is 24.5 Å². The fourth-order valence-corrected chi connectivity index (χ4v) is 2.84. The van der Waals surface area contributed by atoms with Crippen LogP contribution < -0.4 is 5.32 Å². The highest BCUT2D eigenvalue weighted by molar-refractivity contribution is 7.98. The van der Waals surface area contributed by atoms with Crippen LogP contribution in [-0.2, 0) is 0 Å². The third-order valence-corrected chi connectivity index (χ3v) is 3.88. The van der Waals surface area contributed by atoms with Crippen LogP contribution in [0.4, 0.5) is 11.5 Å². The van der Waals surface area contributed by atoms with Crippen molar-refractivity contribution in [2.75, 3.05) is 11.6 Å². The number of nitrogens with one attached hydrogen (secondary N) is 1. The summed E-state index contributed by atoms with van der Waals surface area (Å²) in [5.74, 6) is 1.33. The Morgan fingerprint density at radius 3 is 3.15 bits per heavy atom. The van der Waals surface area contributed by atoms with Crippen molar-refractivity contribution in [3.8, 4) is 17.1 Å². The van der Waals surface area contributed by atoms with Crippen LogP contribution in [0.15, 0.2) is 35.6 Å². The maximum absolute atomic E-state index is 4.27. The van der Waals surface area contributed by atoms with Crippen molar-refractivity contribution in [3.05, 3.63) is 30.7 Å². The molecule has 0 unspecified atom stereocenters. The van der Waals surface area contributed by atoms with E-state index in [1.165, 1.54) is 6.33 Å². The highest BCUT2D eigenvalue weighted by Crippen LogP contribution is 2.38. The highest BCUT2D eigenvalue weighted by Gasteiger charge is 2.24. The minimum Gasteiger partial charge on any atom is -0.338 e. The molecule has 0 aliphatic carbocycles. The molecule has 0 fully saturated rings. The lowest BCUT2D eigenvalue weighted by molar-refractivity contribution is 0.784. The number of aromatic nitrogens is 6. The van der Waals surface area contributed by atoms with E-state index in [9.17, 15) is 0 Å². The molecule has 4 rings (SSSR count). The third kappa shape index (κ3) is 1.51. The third-order valence-electron chi connectivity index (χ3n) is 3.11. The quantitative estimate of drug-likeness (QED) is 0.534. The van der Waals surface area contributed by atoms with Crippen molar-refractivity contribution in [1.29, 1.82) is 0 Å². The number of hydrogen-bond donors (Lipinski definition) is 1. The standard InChI is InChI=1S/C12H9N7S/c1-20-9-4-2-3-8-10(9)19-12(16-17-18-19)7-5-13-6-14-11(7)15-8/h2-6H,1H3,(H,13,14,15). The molecule has 0 saturated heterocycles. The van der Waals surface area contributed by atoms with E-state index in [1.54, 1.807) is 22.6 Å². The van der Waals surface area contributed by atoms with E-state index >= 15 is 0 Å². The van der Waals surface area contributed by atoms with Crippen molar-refractivity contribution in [2.45, 2.75) is 4.90 Å². The Bertz CT molecular complexity index is 798. The van der Waals surface area contributed by atoms with Crippen LogP contribution in [0.3, 0.4) is 0 Å². The first kappa shape index (κ1) is 11.4. The number of nitrogens with zero attached hydrogens (tertiary/aromatic N) is 6. The van der Waals surface area contributed by atoms with Gasteiger partial charge in [0.2, 0.25) is 0 Å². The van der Waals surface area contributed by atoms with Crippen LogP contribution in [0.5, 0.6) is 0 Å². The van der Waals surface area contributed by atoms with Gasteiger partial charge in [-0.1, -0.05) is 6.07 Å². The minimum atomic E-state index is 0.633. The molecule has 98 valence electrons. The second-order valence-electron chi connectivity index (χ2n) is 4.18. The topological polar surface area (TPSA) is 81.4 Å². The average molecular weight is 283 g/mol. The number of benzene rings is 1. The van der Waals surface area contributed by atoms with E-state index < -0.39 is 0 Å². The van der Waals surface area contributed by atoms with E-state index in [0.717, 1.165) is 21.8 Å². The number of tetrazole rings is 1. The fraction of sp³-hybridized carbons (Fsp3) is 0.0833. The van der Waals surface area contributed by atoms with Gasteiger partial charge in [0, 0.05) is 11.1 Å². The van der Waals surface area contributed by atoms with Gasteiger partial charge in [-0.2, -0.15) is 4.68 Å². The Morgan fingerprint density at radius 1 is 1.30 bits per heavy atom. The van der Waals surface area contributed by atoms with E-state index in [4.69, 9.17) is 0 Å². The minimum absolute atomic E-state index is 0.633. The Kier molecular flexibility index (Phi) is 2.43. The van der Waals surface area contributed by atoms with Gasteiger partial charge < -0.3 is 5.32 Å². The fourth-order valence-electron chi connectivity index (χ4n) is 2.23. The summed E-state index contributed by atoms with van der Waals surface area (Å²) in [5.41, 5.74) is 2.63. The largest absolute Gasteiger partial charge is 0.338 e. The molecule has 0 atom stereocenters. The Labute approximate surface area is 118 Å². The average Bonchev–Trinajstić information content (AvgIpc) is 2.91. The summed E-state index contributed by atoms with van der Waals surface area (Å²) in [6.07, 6.45) is 5.24. The normalized spacial score (nSPS) is 11.8. The lowest BCUT2D eigenvalue weighted by atomic mass is 10.2. The van der Waals surface area contributed by atoms with Gasteiger partial charge in [-0.05, 0) is 28.8 Å². The summed E-state index contributed by atoms with van der Waals surface area (Å²) in [4.78, 5) is 9.42. The molecule has 3 aromatic rings. The van der Waals surface area contributed by atoms with Crippen LogP contribution in [-0.4, -0.2) is 36.4 Å². The number of fused-ring (bicyclic) bond motifs is 5. The molecular formula is C12H9N7S. The first-order valence-corrected chi connectivity index (χ1v) is 7.14. The lowest BCUT2D eigenvalue weighted by Gasteiger charge is -2.11. The molecule has 1 aliphatic heterocycles. The zero-order valence-electron chi connectivity index (χ0n) is 10.5. The first-order valence-electron chi connectivity index (χ1n) is 5.91. The monoisotopic (exact) mass is 283 g/mol. The predicted octanol–water partition coefficient (Wildman–Crippen LogP) is 1.90. The molecule has 2 aromatic heterocycles. The molecule has 0 radical (unpaired) electrons. The Morgan fingerprint density at radius 2 is 2.25 bits per heavy atom. The van der Waals surface area contributed by atoms with E-state index in [0.29, 0.717) is 11.6 Å². The van der Waals surface area contributed by atoms with Gasteiger partial charge in [-0.3, -0.25) is 0 Å². The van der Waals surface area contributed by atoms with Crippen LogP contribution in [0, 0.1) is 0 Å². The van der Waals surface area contributed by atoms with Crippen LogP contribution in [0.25, 0.3) is 17.1 Å². The van der Waals surface area contributed by atoms with Crippen LogP contribution in [0.1, 0.15) is 0 Å². The number of rotatable bonds is 1. The SMILES string of the molecule is CSc1cccc2c1-n1nnnc1-c1cncnc1N2. The smallest absolute Gasteiger partial charge is 0.192 e. The molecule has 0 spiro atoms. The van der Waals surface area contributed by atoms with E-state index in [-0.39, 0.29) is 0 Å². The Hall–Kier alpha value is -2.48. The molecule has 0 amide bonds. The molecule has 1 aliphatic rings. The van der Waals surface area contributed by atoms with Crippen molar-refractivity contribution < 1.29 is 0 Å². The van der Waals surface area contributed by atoms with Crippen LogP contribution >= 0.6 is 11.8 Å². The lowest BCUT2D eigenvalue weighted by Crippen LogP contribution is -2.02. The highest BCUT2D eigenvalue weighted by atomic mass is 32.2.